The minimum Gasteiger partial charge on any atom is -0.497 e. The maximum atomic E-state index is 13.5. The van der Waals surface area contributed by atoms with Gasteiger partial charge >= 0.3 is 6.09 Å². The number of aryl methyl sites for hydroxylation is 1. The van der Waals surface area contributed by atoms with Crippen LogP contribution in [0.5, 0.6) is 17.2 Å². The minimum absolute atomic E-state index is 0.335. The molecule has 1 amide bonds. The molecule has 0 saturated heterocycles. The van der Waals surface area contributed by atoms with Gasteiger partial charge in [0.2, 0.25) is 0 Å². The highest BCUT2D eigenvalue weighted by atomic mass is 16.6. The number of amides is 1. The van der Waals surface area contributed by atoms with Crippen LogP contribution < -0.4 is 14.2 Å². The average Bonchev–Trinajstić information content (AvgIpc) is 3.35. The summed E-state index contributed by atoms with van der Waals surface area (Å²) in [7, 11) is 1.65. The molecule has 5 aromatic rings. The molecular formula is C33H30N2O4. The van der Waals surface area contributed by atoms with Crippen LogP contribution in [0.2, 0.25) is 0 Å². The molecule has 39 heavy (non-hydrogen) atoms. The van der Waals surface area contributed by atoms with E-state index >= 15 is 0 Å². The molecule has 0 spiro atoms. The summed E-state index contributed by atoms with van der Waals surface area (Å²) in [6.07, 6.45) is 0.323. The Bertz CT molecular complexity index is 1590. The number of aromatic nitrogens is 1. The van der Waals surface area contributed by atoms with E-state index in [4.69, 9.17) is 14.2 Å². The maximum absolute atomic E-state index is 13.5. The average molecular weight is 519 g/mol. The number of aromatic amines is 1. The number of nitrogens with zero attached hydrogens (tertiary/aromatic N) is 1. The summed E-state index contributed by atoms with van der Waals surface area (Å²) in [6, 6.07) is 31.3. The predicted molar refractivity (Wildman–Crippen MR) is 152 cm³/mol. The fourth-order valence-corrected chi connectivity index (χ4v) is 5.19. The summed E-state index contributed by atoms with van der Waals surface area (Å²) in [4.78, 5) is 18.9. The highest BCUT2D eigenvalue weighted by Crippen LogP contribution is 2.40. The van der Waals surface area contributed by atoms with E-state index in [0.717, 1.165) is 44.8 Å². The third-order valence-electron chi connectivity index (χ3n) is 7.24. The van der Waals surface area contributed by atoms with Gasteiger partial charge in [-0.1, -0.05) is 60.2 Å². The lowest BCUT2D eigenvalue weighted by Gasteiger charge is -2.35. The van der Waals surface area contributed by atoms with Crippen molar-refractivity contribution in [3.63, 3.8) is 0 Å². The van der Waals surface area contributed by atoms with E-state index in [9.17, 15) is 4.79 Å². The first kappa shape index (κ1) is 24.6. The van der Waals surface area contributed by atoms with Crippen molar-refractivity contribution in [1.82, 2.24) is 9.88 Å². The number of H-pyrrole nitrogens is 1. The van der Waals surface area contributed by atoms with Gasteiger partial charge in [0, 0.05) is 23.1 Å². The number of rotatable bonds is 6. The van der Waals surface area contributed by atoms with Crippen molar-refractivity contribution < 1.29 is 19.0 Å². The van der Waals surface area contributed by atoms with Gasteiger partial charge < -0.3 is 19.2 Å². The first-order valence-electron chi connectivity index (χ1n) is 13.1. The summed E-state index contributed by atoms with van der Waals surface area (Å²) in [6.45, 7) is 3.04. The standard InChI is InChI=1S/C33H30N2O4/c1-22-8-12-26(13-9-22)39-33(36)35-19-18-28-29-20-27(38-21-23-6-4-3-5-7-23)16-17-30(29)34-31(28)32(35)24-10-14-25(37-2)15-11-24/h3-17,20,32,34H,18-19,21H2,1-2H3. The Morgan fingerprint density at radius 3 is 2.36 bits per heavy atom. The quantitative estimate of drug-likeness (QED) is 0.258. The van der Waals surface area contributed by atoms with E-state index in [1.807, 2.05) is 85.8 Å². The first-order chi connectivity index (χ1) is 19.1. The predicted octanol–water partition coefficient (Wildman–Crippen LogP) is 7.21. The maximum Gasteiger partial charge on any atom is 0.416 e. The normalized spacial score (nSPS) is 14.6. The monoisotopic (exact) mass is 518 g/mol. The number of ether oxygens (including phenoxy) is 3. The minimum atomic E-state index is -0.379. The molecule has 1 unspecified atom stereocenters. The number of carbonyl (C=O) groups excluding carboxylic acids is 1. The zero-order valence-corrected chi connectivity index (χ0v) is 22.0. The highest BCUT2D eigenvalue weighted by Gasteiger charge is 2.35. The van der Waals surface area contributed by atoms with Gasteiger partial charge in [-0.2, -0.15) is 0 Å². The fourth-order valence-electron chi connectivity index (χ4n) is 5.19. The summed E-state index contributed by atoms with van der Waals surface area (Å²) in [5.41, 5.74) is 6.40. The molecule has 1 atom stereocenters. The molecule has 1 aliphatic rings. The highest BCUT2D eigenvalue weighted by molar-refractivity contribution is 5.87. The third kappa shape index (κ3) is 5.06. The van der Waals surface area contributed by atoms with Crippen molar-refractivity contribution in [1.29, 1.82) is 0 Å². The van der Waals surface area contributed by atoms with Crippen LogP contribution in [0.15, 0.2) is 97.1 Å². The Kier molecular flexibility index (Phi) is 6.68. The van der Waals surface area contributed by atoms with Gasteiger partial charge in [0.1, 0.15) is 29.9 Å². The second kappa shape index (κ2) is 10.6. The smallest absolute Gasteiger partial charge is 0.416 e. The molecule has 1 aliphatic heterocycles. The van der Waals surface area contributed by atoms with Crippen molar-refractivity contribution in [2.45, 2.75) is 26.0 Å². The van der Waals surface area contributed by atoms with Crippen LogP contribution in [0.3, 0.4) is 0 Å². The Morgan fingerprint density at radius 1 is 0.897 bits per heavy atom. The number of benzene rings is 4. The zero-order valence-electron chi connectivity index (χ0n) is 22.0. The van der Waals surface area contributed by atoms with E-state index in [1.165, 1.54) is 5.56 Å². The number of fused-ring (bicyclic) bond motifs is 3. The van der Waals surface area contributed by atoms with Crippen LogP contribution in [0.1, 0.15) is 34.0 Å². The first-order valence-corrected chi connectivity index (χ1v) is 13.1. The van der Waals surface area contributed by atoms with E-state index in [2.05, 4.69) is 23.2 Å². The molecular weight excluding hydrogens is 488 g/mol. The Labute approximate surface area is 227 Å². The lowest BCUT2D eigenvalue weighted by atomic mass is 9.92. The van der Waals surface area contributed by atoms with Gasteiger partial charge in [0.05, 0.1) is 7.11 Å². The molecule has 0 bridgehead atoms. The van der Waals surface area contributed by atoms with Crippen molar-refractivity contribution in [2.24, 2.45) is 0 Å². The second-order valence-electron chi connectivity index (χ2n) is 9.80. The molecule has 0 radical (unpaired) electrons. The summed E-state index contributed by atoms with van der Waals surface area (Å²) < 4.78 is 17.3. The van der Waals surface area contributed by atoms with E-state index in [1.54, 1.807) is 12.0 Å². The van der Waals surface area contributed by atoms with Gasteiger partial charge in [0.15, 0.2) is 0 Å². The van der Waals surface area contributed by atoms with Gasteiger partial charge in [-0.05, 0) is 72.5 Å². The molecule has 196 valence electrons. The van der Waals surface area contributed by atoms with Crippen LogP contribution in [0.25, 0.3) is 10.9 Å². The van der Waals surface area contributed by atoms with Gasteiger partial charge in [-0.3, -0.25) is 4.90 Å². The van der Waals surface area contributed by atoms with Gasteiger partial charge in [0.25, 0.3) is 0 Å². The van der Waals surface area contributed by atoms with Crippen LogP contribution >= 0.6 is 0 Å². The topological polar surface area (TPSA) is 63.8 Å². The van der Waals surface area contributed by atoms with Crippen LogP contribution in [0, 0.1) is 6.92 Å². The van der Waals surface area contributed by atoms with E-state index < -0.39 is 0 Å². The molecule has 6 nitrogen and oxygen atoms in total. The Balaban J connectivity index is 1.34. The fraction of sp³-hybridized carbons (Fsp3) is 0.182. The summed E-state index contributed by atoms with van der Waals surface area (Å²) in [5, 5.41) is 1.11. The molecule has 6 heteroatoms. The van der Waals surface area contributed by atoms with E-state index in [-0.39, 0.29) is 12.1 Å². The lowest BCUT2D eigenvalue weighted by molar-refractivity contribution is 0.135. The molecule has 0 aliphatic carbocycles. The van der Waals surface area contributed by atoms with Crippen LogP contribution in [-0.4, -0.2) is 29.6 Å². The third-order valence-corrected chi connectivity index (χ3v) is 7.24. The van der Waals surface area contributed by atoms with E-state index in [0.29, 0.717) is 25.3 Å². The molecule has 1 N–H and O–H groups in total. The van der Waals surface area contributed by atoms with Crippen LogP contribution in [0.4, 0.5) is 4.79 Å². The summed E-state index contributed by atoms with van der Waals surface area (Å²) in [5.74, 6) is 2.11. The van der Waals surface area contributed by atoms with Crippen LogP contribution in [-0.2, 0) is 13.0 Å². The van der Waals surface area contributed by atoms with Gasteiger partial charge in [-0.15, -0.1) is 0 Å². The van der Waals surface area contributed by atoms with Crippen molar-refractivity contribution in [3.05, 3.63) is 125 Å². The lowest BCUT2D eigenvalue weighted by Crippen LogP contribution is -2.42. The second-order valence-corrected chi connectivity index (χ2v) is 9.80. The van der Waals surface area contributed by atoms with Crippen molar-refractivity contribution >= 4 is 17.0 Å². The largest absolute Gasteiger partial charge is 0.497 e. The number of methoxy groups -OCH3 is 1. The number of hydrogen-bond acceptors (Lipinski definition) is 4. The van der Waals surface area contributed by atoms with Crippen molar-refractivity contribution in [3.8, 4) is 17.2 Å². The molecule has 1 aromatic heterocycles. The SMILES string of the molecule is COc1ccc(C2c3[nH]c4ccc(OCc5ccccc5)cc4c3CCN2C(=O)Oc2ccc(C)cc2)cc1. The zero-order chi connectivity index (χ0) is 26.8. The number of nitrogens with one attached hydrogen (secondary N) is 1. The summed E-state index contributed by atoms with van der Waals surface area (Å²) >= 11 is 0. The Hall–Kier alpha value is -4.71. The van der Waals surface area contributed by atoms with Crippen molar-refractivity contribution in [2.75, 3.05) is 13.7 Å². The number of carbonyl (C=O) groups is 1. The number of hydrogen-bond donors (Lipinski definition) is 1. The molecule has 6 rings (SSSR count). The van der Waals surface area contributed by atoms with Gasteiger partial charge in [-0.25, -0.2) is 4.79 Å². The Morgan fingerprint density at radius 2 is 1.62 bits per heavy atom. The molecule has 0 saturated carbocycles. The molecule has 2 heterocycles. The molecule has 0 fully saturated rings. The molecule has 4 aromatic carbocycles.